The first-order valence-electron chi connectivity index (χ1n) is 3.64. The van der Waals surface area contributed by atoms with Crippen LogP contribution < -0.4 is 5.32 Å². The number of hydrogen-bond donors (Lipinski definition) is 1. The summed E-state index contributed by atoms with van der Waals surface area (Å²) in [6.45, 7) is 4.81. The van der Waals surface area contributed by atoms with Crippen molar-refractivity contribution in [2.45, 2.75) is 26.2 Å². The number of hydrogen-bond acceptors (Lipinski definition) is 1. The molecule has 0 bridgehead atoms. The molecule has 1 aliphatic heterocycles. The van der Waals surface area contributed by atoms with Crippen LogP contribution >= 0.6 is 12.4 Å². The van der Waals surface area contributed by atoms with Crippen LogP contribution in [-0.2, 0) is 0 Å². The zero-order valence-electron chi connectivity index (χ0n) is 6.02. The summed E-state index contributed by atoms with van der Waals surface area (Å²) in [5, 5.41) is 3.27. The molecular formula is C7H16ClN. The van der Waals surface area contributed by atoms with Crippen LogP contribution in [0.2, 0.25) is 0 Å². The lowest BCUT2D eigenvalue weighted by Gasteiger charge is -2.26. The van der Waals surface area contributed by atoms with Gasteiger partial charge in [-0.3, -0.25) is 0 Å². The lowest BCUT2D eigenvalue weighted by molar-refractivity contribution is 0.319. The highest BCUT2D eigenvalue weighted by molar-refractivity contribution is 5.85. The molecule has 1 saturated heterocycles. The van der Waals surface area contributed by atoms with Crippen molar-refractivity contribution in [1.29, 1.82) is 0 Å². The molecule has 0 radical (unpaired) electrons. The van der Waals surface area contributed by atoms with E-state index in [2.05, 4.69) is 12.2 Å². The first-order valence-corrected chi connectivity index (χ1v) is 3.64. The van der Waals surface area contributed by atoms with Crippen molar-refractivity contribution in [1.82, 2.24) is 5.32 Å². The number of halogens is 1. The maximum Gasteiger partial charge on any atom is -0.000826 e. The minimum atomic E-state index is 0. The molecule has 0 aliphatic carbocycles. The van der Waals surface area contributed by atoms with Gasteiger partial charge in [-0.05, 0) is 25.4 Å². The largest absolute Gasteiger partial charge is 0.316 e. The molecule has 1 N–H and O–H groups in total. The summed E-state index contributed by atoms with van der Waals surface area (Å²) in [7, 11) is 0. The summed E-state index contributed by atoms with van der Waals surface area (Å²) >= 11 is 0. The van der Waals surface area contributed by atoms with Gasteiger partial charge in [-0.2, -0.15) is 0 Å². The van der Waals surface area contributed by atoms with Crippen molar-refractivity contribution in [2.24, 2.45) is 5.92 Å². The highest BCUT2D eigenvalue weighted by Gasteiger charge is 2.14. The van der Waals surface area contributed by atoms with Gasteiger partial charge in [0.2, 0.25) is 0 Å². The van der Waals surface area contributed by atoms with Gasteiger partial charge in [0.1, 0.15) is 0 Å². The van der Waals surface area contributed by atoms with E-state index in [-0.39, 0.29) is 12.4 Å². The van der Waals surface area contributed by atoms with E-state index in [1.165, 1.54) is 32.4 Å². The van der Waals surface area contributed by atoms with Gasteiger partial charge in [0.05, 0.1) is 0 Å². The number of rotatable bonds is 3. The van der Waals surface area contributed by atoms with Gasteiger partial charge < -0.3 is 5.32 Å². The second-order valence-corrected chi connectivity index (χ2v) is 2.67. The standard InChI is InChI=1S/C7H15N.ClH/c1-2-3-4-7-5-8-6-7;/h7-8H,2-6H2,1H3;1H. The lowest BCUT2D eigenvalue weighted by Crippen LogP contribution is -2.41. The summed E-state index contributed by atoms with van der Waals surface area (Å²) in [6, 6.07) is 0. The SMILES string of the molecule is CCCCC1CNC1.Cl. The Balaban J connectivity index is 0.000000640. The summed E-state index contributed by atoms with van der Waals surface area (Å²) < 4.78 is 0. The van der Waals surface area contributed by atoms with Crippen molar-refractivity contribution < 1.29 is 0 Å². The van der Waals surface area contributed by atoms with Crippen LogP contribution in [0, 0.1) is 5.92 Å². The molecule has 2 heteroatoms. The Hall–Kier alpha value is 0.250. The fourth-order valence-electron chi connectivity index (χ4n) is 1.05. The average Bonchev–Trinajstić information content (AvgIpc) is 1.63. The van der Waals surface area contributed by atoms with Crippen LogP contribution in [0.5, 0.6) is 0 Å². The number of unbranched alkanes of at least 4 members (excludes halogenated alkanes) is 1. The van der Waals surface area contributed by atoms with E-state index in [1.54, 1.807) is 0 Å². The molecule has 1 nitrogen and oxygen atoms in total. The zero-order chi connectivity index (χ0) is 5.82. The summed E-state index contributed by atoms with van der Waals surface area (Å²) in [4.78, 5) is 0. The summed E-state index contributed by atoms with van der Waals surface area (Å²) in [6.07, 6.45) is 4.23. The van der Waals surface area contributed by atoms with Crippen molar-refractivity contribution in [2.75, 3.05) is 13.1 Å². The minimum absolute atomic E-state index is 0. The monoisotopic (exact) mass is 149 g/mol. The minimum Gasteiger partial charge on any atom is -0.316 e. The molecule has 0 atom stereocenters. The highest BCUT2D eigenvalue weighted by Crippen LogP contribution is 2.11. The van der Waals surface area contributed by atoms with Crippen molar-refractivity contribution in [3.63, 3.8) is 0 Å². The lowest BCUT2D eigenvalue weighted by atomic mass is 9.97. The predicted molar refractivity (Wildman–Crippen MR) is 43.1 cm³/mol. The second-order valence-electron chi connectivity index (χ2n) is 2.67. The first kappa shape index (κ1) is 9.25. The maximum absolute atomic E-state index is 3.27. The smallest absolute Gasteiger partial charge is 0.000826 e. The third kappa shape index (κ3) is 3.07. The fraction of sp³-hybridized carbons (Fsp3) is 1.00. The topological polar surface area (TPSA) is 12.0 Å². The molecular weight excluding hydrogens is 134 g/mol. The highest BCUT2D eigenvalue weighted by atomic mass is 35.5. The molecule has 0 aromatic rings. The van der Waals surface area contributed by atoms with Gasteiger partial charge >= 0.3 is 0 Å². The van der Waals surface area contributed by atoms with E-state index in [0.717, 1.165) is 5.92 Å². The van der Waals surface area contributed by atoms with Crippen LogP contribution in [-0.4, -0.2) is 13.1 Å². The Kier molecular flexibility index (Phi) is 5.21. The van der Waals surface area contributed by atoms with E-state index in [0.29, 0.717) is 0 Å². The Morgan fingerprint density at radius 2 is 2.11 bits per heavy atom. The molecule has 0 aromatic carbocycles. The quantitative estimate of drug-likeness (QED) is 0.646. The van der Waals surface area contributed by atoms with Gasteiger partial charge in [-0.15, -0.1) is 12.4 Å². The van der Waals surface area contributed by atoms with Crippen LogP contribution in [0.25, 0.3) is 0 Å². The third-order valence-electron chi connectivity index (χ3n) is 1.83. The van der Waals surface area contributed by atoms with Gasteiger partial charge in [0.25, 0.3) is 0 Å². The maximum atomic E-state index is 3.27. The van der Waals surface area contributed by atoms with Gasteiger partial charge in [0, 0.05) is 0 Å². The summed E-state index contributed by atoms with van der Waals surface area (Å²) in [5.41, 5.74) is 0. The first-order chi connectivity index (χ1) is 3.93. The molecule has 1 fully saturated rings. The molecule has 56 valence electrons. The predicted octanol–water partition coefficient (Wildman–Crippen LogP) is 1.82. The average molecular weight is 150 g/mol. The van der Waals surface area contributed by atoms with Gasteiger partial charge in [0.15, 0.2) is 0 Å². The molecule has 1 heterocycles. The Labute approximate surface area is 63.6 Å². The van der Waals surface area contributed by atoms with Crippen LogP contribution in [0.15, 0.2) is 0 Å². The van der Waals surface area contributed by atoms with E-state index < -0.39 is 0 Å². The second kappa shape index (κ2) is 5.07. The molecule has 1 aliphatic rings. The molecule has 0 spiro atoms. The van der Waals surface area contributed by atoms with Crippen molar-refractivity contribution in [3.05, 3.63) is 0 Å². The zero-order valence-corrected chi connectivity index (χ0v) is 6.84. The molecule has 0 saturated carbocycles. The molecule has 0 unspecified atom stereocenters. The summed E-state index contributed by atoms with van der Waals surface area (Å²) in [5.74, 6) is 1.02. The molecule has 9 heavy (non-hydrogen) atoms. The molecule has 0 amide bonds. The van der Waals surface area contributed by atoms with E-state index in [4.69, 9.17) is 0 Å². The van der Waals surface area contributed by atoms with Gasteiger partial charge in [-0.1, -0.05) is 19.8 Å². The Morgan fingerprint density at radius 1 is 1.44 bits per heavy atom. The van der Waals surface area contributed by atoms with E-state index >= 15 is 0 Å². The third-order valence-corrected chi connectivity index (χ3v) is 1.83. The van der Waals surface area contributed by atoms with Crippen LogP contribution in [0.4, 0.5) is 0 Å². The van der Waals surface area contributed by atoms with Crippen LogP contribution in [0.1, 0.15) is 26.2 Å². The van der Waals surface area contributed by atoms with Crippen molar-refractivity contribution in [3.8, 4) is 0 Å². The van der Waals surface area contributed by atoms with Crippen molar-refractivity contribution >= 4 is 12.4 Å². The normalized spacial score (nSPS) is 18.3. The fourth-order valence-corrected chi connectivity index (χ4v) is 1.05. The Morgan fingerprint density at radius 3 is 2.44 bits per heavy atom. The van der Waals surface area contributed by atoms with Crippen LogP contribution in [0.3, 0.4) is 0 Å². The van der Waals surface area contributed by atoms with Gasteiger partial charge in [-0.25, -0.2) is 0 Å². The molecule has 1 rings (SSSR count). The Bertz CT molecular complexity index is 61.9. The molecule has 0 aromatic heterocycles. The van der Waals surface area contributed by atoms with E-state index in [1.807, 2.05) is 0 Å². The number of nitrogens with one attached hydrogen (secondary N) is 1. The van der Waals surface area contributed by atoms with E-state index in [9.17, 15) is 0 Å².